The summed E-state index contributed by atoms with van der Waals surface area (Å²) in [6, 6.07) is 7.24. The second-order valence-corrected chi connectivity index (χ2v) is 11.6. The maximum absolute atomic E-state index is 12.9. The van der Waals surface area contributed by atoms with Crippen LogP contribution in [0, 0.1) is 13.8 Å². The van der Waals surface area contributed by atoms with E-state index in [-0.39, 0.29) is 53.1 Å². The molecule has 245 valence electrons. The van der Waals surface area contributed by atoms with Crippen molar-refractivity contribution in [1.82, 2.24) is 19.9 Å². The molecule has 47 heavy (non-hydrogen) atoms. The first-order valence-electron chi connectivity index (χ1n) is 15.1. The second kappa shape index (κ2) is 14.0. The van der Waals surface area contributed by atoms with Crippen LogP contribution in [0.3, 0.4) is 0 Å². The Morgan fingerprint density at radius 1 is 0.638 bits per heavy atom. The average Bonchev–Trinajstić information content (AvgIpc) is 3.67. The molecule has 2 aliphatic heterocycles. The van der Waals surface area contributed by atoms with E-state index < -0.39 is 0 Å². The van der Waals surface area contributed by atoms with Crippen LogP contribution in [0.5, 0.6) is 0 Å². The summed E-state index contributed by atoms with van der Waals surface area (Å²) in [5.41, 5.74) is 10.2. The monoisotopic (exact) mass is 679 g/mol. The molecule has 8 bridgehead atoms. The molecule has 5 rings (SSSR count). The Bertz CT molecular complexity index is 2060. The van der Waals surface area contributed by atoms with Crippen molar-refractivity contribution in [3.05, 3.63) is 69.3 Å². The molecule has 10 nitrogen and oxygen atoms in total. The van der Waals surface area contributed by atoms with Crippen molar-refractivity contribution in [2.75, 3.05) is 14.2 Å². The second-order valence-electron chi connectivity index (χ2n) is 11.6. The summed E-state index contributed by atoms with van der Waals surface area (Å²) in [7, 11) is 2.71. The smallest absolute Gasteiger partial charge is 0.657 e. The summed E-state index contributed by atoms with van der Waals surface area (Å²) >= 11 is 0. The molecule has 0 spiro atoms. The van der Waals surface area contributed by atoms with Gasteiger partial charge in [0.2, 0.25) is 0 Å². The molecular weight excluding hydrogens is 643 g/mol. The van der Waals surface area contributed by atoms with Gasteiger partial charge in [0.25, 0.3) is 0 Å². The van der Waals surface area contributed by atoms with Gasteiger partial charge in [-0.15, -0.1) is 22.1 Å². The quantitative estimate of drug-likeness (QED) is 0.209. The summed E-state index contributed by atoms with van der Waals surface area (Å²) in [4.78, 5) is 69.7. The number of allylic oxidation sites excluding steroid dienone is 4. The first-order valence-corrected chi connectivity index (χ1v) is 15.1. The number of hydrogen-bond acceptors (Lipinski definition) is 8. The number of rotatable bonds is 8. The van der Waals surface area contributed by atoms with Crippen LogP contribution in [-0.2, 0) is 47.1 Å². The SMILES string of the molecule is COC(=O)CCC1=C(C)c2cc3[n-]c(cc4nc(cc5[n-]c(cc1n2)c(CCC(=O)OC)c5C)C(C(C)=O)=C4C)c(C(C)=O)c3C.[Co+2]. The van der Waals surface area contributed by atoms with Gasteiger partial charge in [-0.25, -0.2) is 9.97 Å². The molecule has 0 fully saturated rings. The number of ketones is 2. The minimum absolute atomic E-state index is 0. The first kappa shape index (κ1) is 35.2. The van der Waals surface area contributed by atoms with Crippen LogP contribution >= 0.6 is 0 Å². The van der Waals surface area contributed by atoms with Crippen molar-refractivity contribution in [3.63, 3.8) is 0 Å². The fourth-order valence-electron chi connectivity index (χ4n) is 6.14. The van der Waals surface area contributed by atoms with Gasteiger partial charge < -0.3 is 19.4 Å². The van der Waals surface area contributed by atoms with Crippen molar-refractivity contribution in [2.24, 2.45) is 0 Å². The van der Waals surface area contributed by atoms with Gasteiger partial charge in [0, 0.05) is 24.0 Å². The molecular formula is C36H36CoN4O6. The van der Waals surface area contributed by atoms with E-state index in [1.54, 1.807) is 12.1 Å². The van der Waals surface area contributed by atoms with Crippen molar-refractivity contribution >= 4 is 67.9 Å². The summed E-state index contributed by atoms with van der Waals surface area (Å²) in [6.45, 7) is 10.5. The van der Waals surface area contributed by atoms with E-state index in [0.717, 1.165) is 22.3 Å². The number of Topliss-reactive ketones (excluding diaryl/α,β-unsaturated/α-hetero) is 2. The summed E-state index contributed by atoms with van der Waals surface area (Å²) in [5.74, 6) is -0.976. The molecule has 0 unspecified atom stereocenters. The van der Waals surface area contributed by atoms with Gasteiger partial charge in [-0.2, -0.15) is 0 Å². The van der Waals surface area contributed by atoms with Gasteiger partial charge in [-0.05, 0) is 71.1 Å². The minimum atomic E-state index is -0.345. The van der Waals surface area contributed by atoms with E-state index in [1.807, 2.05) is 39.8 Å². The fourth-order valence-corrected chi connectivity index (χ4v) is 6.14. The third-order valence-electron chi connectivity index (χ3n) is 8.70. The van der Waals surface area contributed by atoms with Crippen molar-refractivity contribution < 1.29 is 45.4 Å². The molecule has 2 aliphatic rings. The third kappa shape index (κ3) is 6.77. The molecule has 0 aromatic carbocycles. The number of aryl methyl sites for hydroxylation is 3. The molecule has 0 N–H and O–H groups in total. The zero-order valence-electron chi connectivity index (χ0n) is 27.7. The number of methoxy groups -OCH3 is 2. The number of nitrogens with zero attached hydrogens (tertiary/aromatic N) is 4. The van der Waals surface area contributed by atoms with Crippen molar-refractivity contribution in [2.45, 2.75) is 67.2 Å². The first-order chi connectivity index (χ1) is 21.8. The molecule has 0 saturated heterocycles. The molecule has 0 saturated carbocycles. The van der Waals surface area contributed by atoms with Gasteiger partial charge in [0.05, 0.1) is 37.0 Å². The molecule has 1 radical (unpaired) electrons. The van der Waals surface area contributed by atoms with E-state index in [1.165, 1.54) is 28.1 Å². The Labute approximate surface area is 283 Å². The Balaban J connectivity index is 0.00000500. The minimum Gasteiger partial charge on any atom is -0.657 e. The van der Waals surface area contributed by atoms with Crippen LogP contribution in [-0.4, -0.2) is 47.7 Å². The van der Waals surface area contributed by atoms with E-state index in [0.29, 0.717) is 80.0 Å². The Hall–Kier alpha value is -4.61. The number of esters is 2. The molecule has 3 aromatic rings. The van der Waals surface area contributed by atoms with Crippen LogP contribution in [0.25, 0.3) is 44.4 Å². The number of aromatic nitrogens is 4. The molecule has 11 heteroatoms. The Morgan fingerprint density at radius 2 is 1.15 bits per heavy atom. The molecule has 0 atom stereocenters. The normalized spacial score (nSPS) is 12.6. The average molecular weight is 680 g/mol. The number of hydrogen-bond donors (Lipinski definition) is 0. The van der Waals surface area contributed by atoms with E-state index in [4.69, 9.17) is 29.4 Å². The number of carbonyl (C=O) groups is 4. The third-order valence-corrected chi connectivity index (χ3v) is 8.70. The van der Waals surface area contributed by atoms with Crippen molar-refractivity contribution in [1.29, 1.82) is 0 Å². The maximum Gasteiger partial charge on any atom is 2.00 e. The van der Waals surface area contributed by atoms with Gasteiger partial charge in [-0.3, -0.25) is 19.2 Å². The number of ether oxygens (including phenoxy) is 2. The molecule has 0 aliphatic carbocycles. The molecule has 0 amide bonds. The Kier molecular flexibility index (Phi) is 10.5. The predicted octanol–water partition coefficient (Wildman–Crippen LogP) is 5.90. The van der Waals surface area contributed by atoms with Crippen LogP contribution in [0.4, 0.5) is 0 Å². The van der Waals surface area contributed by atoms with E-state index in [2.05, 4.69) is 0 Å². The van der Waals surface area contributed by atoms with Crippen LogP contribution in [0.2, 0.25) is 0 Å². The summed E-state index contributed by atoms with van der Waals surface area (Å²) in [6.07, 6.45) is 1.07. The van der Waals surface area contributed by atoms with Crippen LogP contribution in [0.15, 0.2) is 24.3 Å². The van der Waals surface area contributed by atoms with Crippen molar-refractivity contribution in [3.8, 4) is 0 Å². The zero-order valence-corrected chi connectivity index (χ0v) is 28.8. The standard InChI is InChI=1S/C36H37N4O6.Co/c1-17-23(9-11-33(43)45-7)29-16-30-24(10-12-34(44)46-8)18(2)26(38-30)14-31-36(22(6)42)20(4)28(40-31)15-32-35(21(5)41)19(3)27(39-32)13-25(17)37-29;/h13-16H,9-12H2,1-8H3,(H-,37,38,39,40,41,42);/q-1;+2/p-1. The zero-order chi connectivity index (χ0) is 33.4. The molecule has 3 aromatic heterocycles. The fraction of sp³-hybridized carbons (Fsp3) is 0.333. The number of carbonyl (C=O) groups excluding carboxylic acids is 4. The largest absolute Gasteiger partial charge is 2.00 e. The van der Waals surface area contributed by atoms with E-state index in [9.17, 15) is 19.2 Å². The summed E-state index contributed by atoms with van der Waals surface area (Å²) in [5, 5.41) is 0. The summed E-state index contributed by atoms with van der Waals surface area (Å²) < 4.78 is 9.82. The molecule has 5 heterocycles. The van der Waals surface area contributed by atoms with Gasteiger partial charge in [-0.1, -0.05) is 41.0 Å². The topological polar surface area (TPSA) is 141 Å². The maximum atomic E-state index is 12.9. The van der Waals surface area contributed by atoms with Gasteiger partial charge >= 0.3 is 28.7 Å². The Morgan fingerprint density at radius 3 is 1.77 bits per heavy atom. The van der Waals surface area contributed by atoms with Gasteiger partial charge in [0.1, 0.15) is 0 Å². The predicted molar refractivity (Wildman–Crippen MR) is 176 cm³/mol. The van der Waals surface area contributed by atoms with Crippen LogP contribution in [0.1, 0.15) is 96.8 Å². The van der Waals surface area contributed by atoms with Gasteiger partial charge in [0.15, 0.2) is 11.6 Å². The number of fused-ring (bicyclic) bond motifs is 8. The van der Waals surface area contributed by atoms with Crippen LogP contribution < -0.4 is 9.97 Å². The van der Waals surface area contributed by atoms with E-state index >= 15 is 0 Å².